The molecule has 2 aromatic carbocycles. The molecule has 0 aliphatic heterocycles. The lowest BCUT2D eigenvalue weighted by Gasteiger charge is -2.21. The first-order valence-corrected chi connectivity index (χ1v) is 8.71. The summed E-state index contributed by atoms with van der Waals surface area (Å²) < 4.78 is 25.5. The van der Waals surface area contributed by atoms with Crippen molar-refractivity contribution in [1.82, 2.24) is 4.31 Å². The molecule has 0 aliphatic carbocycles. The van der Waals surface area contributed by atoms with E-state index in [0.29, 0.717) is 0 Å². The molecule has 0 atom stereocenters. The van der Waals surface area contributed by atoms with Crippen molar-refractivity contribution < 1.29 is 23.1 Å². The predicted molar refractivity (Wildman–Crippen MR) is 90.8 cm³/mol. The summed E-state index contributed by atoms with van der Waals surface area (Å²) in [6.07, 6.45) is 0. The van der Waals surface area contributed by atoms with Crippen molar-refractivity contribution in [2.24, 2.45) is 0 Å². The van der Waals surface area contributed by atoms with Gasteiger partial charge in [-0.15, -0.1) is 0 Å². The van der Waals surface area contributed by atoms with E-state index in [2.05, 4.69) is 0 Å². The van der Waals surface area contributed by atoms with E-state index in [1.165, 1.54) is 63.6 Å². The van der Waals surface area contributed by atoms with E-state index in [1.807, 2.05) is 0 Å². The number of hydrogen-bond acceptors (Lipinski definition) is 5. The van der Waals surface area contributed by atoms with Gasteiger partial charge in [-0.05, 0) is 24.3 Å². The summed E-state index contributed by atoms with van der Waals surface area (Å²) in [6.45, 7) is 0. The molecular weight excluding hydrogens is 344 g/mol. The van der Waals surface area contributed by atoms with Gasteiger partial charge in [-0.1, -0.05) is 24.3 Å². The first kappa shape index (κ1) is 18.6. The molecule has 0 saturated heterocycles. The highest BCUT2D eigenvalue weighted by Gasteiger charge is 2.21. The number of anilines is 1. The second-order valence-corrected chi connectivity index (χ2v) is 7.64. The molecule has 0 fully saturated rings. The van der Waals surface area contributed by atoms with Gasteiger partial charge in [0.2, 0.25) is 10.0 Å². The van der Waals surface area contributed by atoms with Crippen molar-refractivity contribution in [3.63, 3.8) is 0 Å². The van der Waals surface area contributed by atoms with Crippen LogP contribution in [0, 0.1) is 0 Å². The molecule has 25 heavy (non-hydrogen) atoms. The van der Waals surface area contributed by atoms with Crippen molar-refractivity contribution in [2.45, 2.75) is 4.90 Å². The zero-order valence-electron chi connectivity index (χ0n) is 14.0. The molecule has 0 aromatic heterocycles. The van der Waals surface area contributed by atoms with Crippen molar-refractivity contribution in [2.75, 3.05) is 26.0 Å². The fourth-order valence-electron chi connectivity index (χ4n) is 2.24. The lowest BCUT2D eigenvalue weighted by atomic mass is 10.1. The van der Waals surface area contributed by atoms with Crippen LogP contribution in [0.5, 0.6) is 0 Å². The van der Waals surface area contributed by atoms with Crippen LogP contribution >= 0.6 is 0 Å². The number of carbonyl (C=O) groups is 2. The van der Waals surface area contributed by atoms with Crippen LogP contribution in [0.15, 0.2) is 53.4 Å². The standard InChI is InChI=1S/C17H18N2O5S/c1-18(2)25(23,24)13-8-6-7-12(11-13)16(20)19(3)15-10-5-4-9-14(15)17(21)22/h4-11H,1-3H3,(H,21,22)/p-1. The van der Waals surface area contributed by atoms with Crippen LogP contribution < -0.4 is 10.0 Å². The van der Waals surface area contributed by atoms with E-state index in [0.717, 1.165) is 9.21 Å². The predicted octanol–water partition coefficient (Wildman–Crippen LogP) is 0.577. The third-order valence-corrected chi connectivity index (χ3v) is 5.46. The van der Waals surface area contributed by atoms with E-state index in [-0.39, 0.29) is 21.7 Å². The maximum Gasteiger partial charge on any atom is 0.258 e. The van der Waals surface area contributed by atoms with Gasteiger partial charge in [0, 0.05) is 32.3 Å². The second-order valence-electron chi connectivity index (χ2n) is 5.48. The van der Waals surface area contributed by atoms with Crippen molar-refractivity contribution in [3.05, 3.63) is 59.7 Å². The highest BCUT2D eigenvalue weighted by molar-refractivity contribution is 7.89. The number of para-hydroxylation sites is 1. The number of sulfonamides is 1. The molecule has 0 bridgehead atoms. The molecule has 0 aliphatic rings. The monoisotopic (exact) mass is 361 g/mol. The van der Waals surface area contributed by atoms with Gasteiger partial charge in [0.25, 0.3) is 5.91 Å². The van der Waals surface area contributed by atoms with Gasteiger partial charge in [0.1, 0.15) is 0 Å². The Balaban J connectivity index is 2.44. The van der Waals surface area contributed by atoms with E-state index in [9.17, 15) is 23.1 Å². The molecule has 0 unspecified atom stereocenters. The number of carbonyl (C=O) groups excluding carboxylic acids is 2. The van der Waals surface area contributed by atoms with Crippen LogP contribution in [-0.2, 0) is 10.0 Å². The highest BCUT2D eigenvalue weighted by Crippen LogP contribution is 2.22. The van der Waals surface area contributed by atoms with Crippen LogP contribution in [0.4, 0.5) is 5.69 Å². The molecule has 0 N–H and O–H groups in total. The van der Waals surface area contributed by atoms with Gasteiger partial charge < -0.3 is 14.8 Å². The Morgan fingerprint density at radius 1 is 0.960 bits per heavy atom. The number of carboxylic acid groups (broad SMARTS) is 1. The zero-order valence-corrected chi connectivity index (χ0v) is 14.8. The summed E-state index contributed by atoms with van der Waals surface area (Å²) in [5.74, 6) is -1.94. The minimum absolute atomic E-state index is 0.0232. The molecule has 0 radical (unpaired) electrons. The molecule has 8 heteroatoms. The molecule has 0 spiro atoms. The minimum Gasteiger partial charge on any atom is -0.545 e. The summed E-state index contributed by atoms with van der Waals surface area (Å²) >= 11 is 0. The number of rotatable bonds is 5. The molecule has 132 valence electrons. The van der Waals surface area contributed by atoms with E-state index >= 15 is 0 Å². The Labute approximate surface area is 146 Å². The molecule has 1 amide bonds. The van der Waals surface area contributed by atoms with E-state index in [4.69, 9.17) is 0 Å². The summed E-state index contributed by atoms with van der Waals surface area (Å²) in [5, 5.41) is 11.2. The lowest BCUT2D eigenvalue weighted by molar-refractivity contribution is -0.254. The van der Waals surface area contributed by atoms with Crippen LogP contribution in [0.2, 0.25) is 0 Å². The van der Waals surface area contributed by atoms with Gasteiger partial charge in [-0.25, -0.2) is 12.7 Å². The Bertz CT molecular complexity index is 922. The summed E-state index contributed by atoms with van der Waals surface area (Å²) in [5.41, 5.74) is 0.155. The summed E-state index contributed by atoms with van der Waals surface area (Å²) in [4.78, 5) is 25.0. The van der Waals surface area contributed by atoms with Gasteiger partial charge in [-0.3, -0.25) is 4.79 Å². The molecule has 7 nitrogen and oxygen atoms in total. The molecule has 2 aromatic rings. The quantitative estimate of drug-likeness (QED) is 0.776. The largest absolute Gasteiger partial charge is 0.545 e. The van der Waals surface area contributed by atoms with Crippen LogP contribution in [0.1, 0.15) is 20.7 Å². The average molecular weight is 361 g/mol. The third-order valence-electron chi connectivity index (χ3n) is 3.65. The first-order chi connectivity index (χ1) is 11.7. The SMILES string of the molecule is CN(C(=O)c1cccc(S(=O)(=O)N(C)C)c1)c1ccccc1C(=O)[O-]. The average Bonchev–Trinajstić information content (AvgIpc) is 2.60. The maximum atomic E-state index is 12.7. The molecule has 0 heterocycles. The van der Waals surface area contributed by atoms with E-state index in [1.54, 1.807) is 6.07 Å². The van der Waals surface area contributed by atoms with Crippen LogP contribution in [-0.4, -0.2) is 45.7 Å². The summed E-state index contributed by atoms with van der Waals surface area (Å²) in [7, 11) is 0.517. The Hall–Kier alpha value is -2.71. The van der Waals surface area contributed by atoms with Crippen molar-refractivity contribution in [3.8, 4) is 0 Å². The number of benzene rings is 2. The van der Waals surface area contributed by atoms with Crippen LogP contribution in [0.25, 0.3) is 0 Å². The molecule has 2 rings (SSSR count). The molecular formula is C17H17N2O5S-. The minimum atomic E-state index is -3.69. The number of nitrogens with zero attached hydrogens (tertiary/aromatic N) is 2. The van der Waals surface area contributed by atoms with Crippen molar-refractivity contribution in [1.29, 1.82) is 0 Å². The number of hydrogen-bond donors (Lipinski definition) is 0. The zero-order chi connectivity index (χ0) is 18.8. The fraction of sp³-hybridized carbons (Fsp3) is 0.176. The van der Waals surface area contributed by atoms with Gasteiger partial charge in [-0.2, -0.15) is 0 Å². The Morgan fingerprint density at radius 2 is 1.60 bits per heavy atom. The number of aromatic carboxylic acids is 1. The lowest BCUT2D eigenvalue weighted by Crippen LogP contribution is -2.31. The topological polar surface area (TPSA) is 97.8 Å². The van der Waals surface area contributed by atoms with E-state index < -0.39 is 21.9 Å². The third kappa shape index (κ3) is 3.70. The smallest absolute Gasteiger partial charge is 0.258 e. The van der Waals surface area contributed by atoms with Gasteiger partial charge in [0.05, 0.1) is 16.6 Å². The van der Waals surface area contributed by atoms with Crippen LogP contribution in [0.3, 0.4) is 0 Å². The second kappa shape index (κ2) is 7.04. The number of carboxylic acids is 1. The van der Waals surface area contributed by atoms with Gasteiger partial charge in [0.15, 0.2) is 0 Å². The highest BCUT2D eigenvalue weighted by atomic mass is 32.2. The Kier molecular flexibility index (Phi) is 5.24. The normalized spacial score (nSPS) is 11.4. The molecule has 0 saturated carbocycles. The number of amides is 1. The fourth-order valence-corrected chi connectivity index (χ4v) is 3.19. The van der Waals surface area contributed by atoms with Crippen molar-refractivity contribution >= 4 is 27.6 Å². The first-order valence-electron chi connectivity index (χ1n) is 7.27. The maximum absolute atomic E-state index is 12.7. The Morgan fingerprint density at radius 3 is 2.20 bits per heavy atom. The summed E-state index contributed by atoms with van der Waals surface area (Å²) in [6, 6.07) is 11.5. The van der Waals surface area contributed by atoms with Gasteiger partial charge >= 0.3 is 0 Å².